The van der Waals surface area contributed by atoms with Gasteiger partial charge < -0.3 is 9.26 Å². The highest BCUT2D eigenvalue weighted by molar-refractivity contribution is 5.91. The molecular formula is C22H20N2O3. The molecule has 0 aliphatic carbocycles. The molecule has 0 unspecified atom stereocenters. The summed E-state index contributed by atoms with van der Waals surface area (Å²) in [6.07, 6.45) is 0. The van der Waals surface area contributed by atoms with E-state index in [0.717, 1.165) is 16.7 Å². The molecule has 0 saturated carbocycles. The third-order valence-corrected chi connectivity index (χ3v) is 4.30. The van der Waals surface area contributed by atoms with E-state index in [-0.39, 0.29) is 12.5 Å². The van der Waals surface area contributed by atoms with E-state index in [9.17, 15) is 10.1 Å². The first-order chi connectivity index (χ1) is 13.0. The van der Waals surface area contributed by atoms with Crippen molar-refractivity contribution in [1.82, 2.24) is 5.16 Å². The summed E-state index contributed by atoms with van der Waals surface area (Å²) in [5.41, 5.74) is 4.25. The van der Waals surface area contributed by atoms with Crippen molar-refractivity contribution in [2.75, 3.05) is 0 Å². The second-order valence-electron chi connectivity index (χ2n) is 6.59. The molecule has 5 nitrogen and oxygen atoms in total. The van der Waals surface area contributed by atoms with Crippen molar-refractivity contribution in [3.63, 3.8) is 0 Å². The Hall–Kier alpha value is -3.39. The second kappa shape index (κ2) is 7.88. The molecular weight excluding hydrogens is 340 g/mol. The molecule has 0 atom stereocenters. The summed E-state index contributed by atoms with van der Waals surface area (Å²) in [4.78, 5) is 12.4. The molecule has 0 aliphatic rings. The van der Waals surface area contributed by atoms with Gasteiger partial charge in [0.25, 0.3) is 0 Å². The summed E-state index contributed by atoms with van der Waals surface area (Å²) in [6.45, 7) is 5.76. The molecule has 0 amide bonds. The predicted octanol–water partition coefficient (Wildman–Crippen LogP) is 5.00. The van der Waals surface area contributed by atoms with E-state index < -0.39 is 5.97 Å². The fraction of sp³-hybridized carbons (Fsp3) is 0.227. The van der Waals surface area contributed by atoms with E-state index in [1.165, 1.54) is 0 Å². The molecule has 136 valence electrons. The predicted molar refractivity (Wildman–Crippen MR) is 101 cm³/mol. The van der Waals surface area contributed by atoms with Crippen LogP contribution < -0.4 is 0 Å². The minimum Gasteiger partial charge on any atom is -0.457 e. The van der Waals surface area contributed by atoms with Crippen LogP contribution in [-0.2, 0) is 11.3 Å². The number of aryl methyl sites for hydroxylation is 1. The fourth-order valence-electron chi connectivity index (χ4n) is 2.86. The first-order valence-electron chi connectivity index (χ1n) is 8.73. The average molecular weight is 360 g/mol. The van der Waals surface area contributed by atoms with Gasteiger partial charge in [0.15, 0.2) is 5.76 Å². The zero-order valence-electron chi connectivity index (χ0n) is 15.5. The monoisotopic (exact) mass is 360 g/mol. The number of carbonyl (C=O) groups excluding carboxylic acids is 1. The molecule has 3 aromatic rings. The van der Waals surface area contributed by atoms with E-state index in [1.807, 2.05) is 56.3 Å². The molecule has 0 saturated heterocycles. The topological polar surface area (TPSA) is 76.1 Å². The van der Waals surface area contributed by atoms with Gasteiger partial charge in [-0.1, -0.05) is 61.5 Å². The van der Waals surface area contributed by atoms with Crippen molar-refractivity contribution < 1.29 is 14.1 Å². The molecule has 0 spiro atoms. The van der Waals surface area contributed by atoms with Crippen molar-refractivity contribution in [2.45, 2.75) is 33.3 Å². The van der Waals surface area contributed by atoms with Crippen molar-refractivity contribution >= 4 is 5.97 Å². The lowest BCUT2D eigenvalue weighted by molar-refractivity contribution is 0.0468. The lowest BCUT2D eigenvalue weighted by Crippen LogP contribution is -2.09. The third kappa shape index (κ3) is 3.90. The highest BCUT2D eigenvalue weighted by Gasteiger charge is 2.23. The molecule has 0 fully saturated rings. The van der Waals surface area contributed by atoms with E-state index >= 15 is 0 Å². The van der Waals surface area contributed by atoms with Gasteiger partial charge in [0.1, 0.15) is 12.2 Å². The third-order valence-electron chi connectivity index (χ3n) is 4.30. The van der Waals surface area contributed by atoms with Gasteiger partial charge >= 0.3 is 5.97 Å². The molecule has 1 heterocycles. The number of rotatable bonds is 5. The first-order valence-corrected chi connectivity index (χ1v) is 8.73. The minimum atomic E-state index is -0.434. The van der Waals surface area contributed by atoms with Crippen molar-refractivity contribution in [1.29, 1.82) is 5.26 Å². The van der Waals surface area contributed by atoms with Crippen LogP contribution >= 0.6 is 0 Å². The molecule has 0 bridgehead atoms. The summed E-state index contributed by atoms with van der Waals surface area (Å²) in [5, 5.41) is 13.1. The van der Waals surface area contributed by atoms with Gasteiger partial charge in [-0.15, -0.1) is 0 Å². The van der Waals surface area contributed by atoms with Crippen LogP contribution in [0.15, 0.2) is 53.1 Å². The van der Waals surface area contributed by atoms with Gasteiger partial charge in [-0.2, -0.15) is 5.26 Å². The number of ether oxygens (including phenoxy) is 1. The van der Waals surface area contributed by atoms with Crippen LogP contribution in [0.3, 0.4) is 0 Å². The summed E-state index contributed by atoms with van der Waals surface area (Å²) in [6, 6.07) is 17.3. The van der Waals surface area contributed by atoms with Gasteiger partial charge in [0, 0.05) is 5.92 Å². The lowest BCUT2D eigenvalue weighted by Gasteiger charge is -2.08. The Morgan fingerprint density at radius 1 is 1.19 bits per heavy atom. The Kier molecular flexibility index (Phi) is 5.37. The Balaban J connectivity index is 1.72. The Morgan fingerprint density at radius 2 is 1.89 bits per heavy atom. The molecule has 2 aromatic carbocycles. The zero-order chi connectivity index (χ0) is 19.4. The summed E-state index contributed by atoms with van der Waals surface area (Å²) >= 11 is 0. The summed E-state index contributed by atoms with van der Waals surface area (Å²) < 4.78 is 10.7. The highest BCUT2D eigenvalue weighted by Crippen LogP contribution is 2.25. The molecule has 0 aliphatic heterocycles. The van der Waals surface area contributed by atoms with Crippen LogP contribution in [-0.4, -0.2) is 11.1 Å². The number of hydrogen-bond acceptors (Lipinski definition) is 5. The normalized spacial score (nSPS) is 10.6. The van der Waals surface area contributed by atoms with Gasteiger partial charge in [-0.25, -0.2) is 4.79 Å². The van der Waals surface area contributed by atoms with Crippen LogP contribution in [0.1, 0.15) is 52.7 Å². The van der Waals surface area contributed by atoms with E-state index in [1.54, 1.807) is 13.0 Å². The zero-order valence-corrected chi connectivity index (χ0v) is 15.5. The molecule has 0 radical (unpaired) electrons. The van der Waals surface area contributed by atoms with Crippen LogP contribution in [0.5, 0.6) is 0 Å². The number of benzene rings is 2. The number of aromatic nitrogens is 1. The summed E-state index contributed by atoms with van der Waals surface area (Å²) in [7, 11) is 0. The molecule has 27 heavy (non-hydrogen) atoms. The maximum Gasteiger partial charge on any atom is 0.344 e. The second-order valence-corrected chi connectivity index (χ2v) is 6.59. The first kappa shape index (κ1) is 18.4. The Morgan fingerprint density at radius 3 is 2.56 bits per heavy atom. The number of nitriles is 1. The van der Waals surface area contributed by atoms with Crippen LogP contribution in [0.2, 0.25) is 0 Å². The summed E-state index contributed by atoms with van der Waals surface area (Å²) in [5.74, 6) is 0.158. The fourth-order valence-corrected chi connectivity index (χ4v) is 2.86. The quantitative estimate of drug-likeness (QED) is 0.598. The van der Waals surface area contributed by atoms with Gasteiger partial charge in [0.05, 0.1) is 17.3 Å². The maximum atomic E-state index is 12.4. The number of esters is 1. The van der Waals surface area contributed by atoms with Crippen LogP contribution in [0.25, 0.3) is 11.1 Å². The SMILES string of the molecule is Cc1noc(C(C)C)c1C(=O)OCc1ccc(-c2ccccc2C#N)cc1. The average Bonchev–Trinajstić information content (AvgIpc) is 3.08. The van der Waals surface area contributed by atoms with Gasteiger partial charge in [0.2, 0.25) is 0 Å². The molecule has 0 N–H and O–H groups in total. The van der Waals surface area contributed by atoms with Crippen LogP contribution in [0, 0.1) is 18.3 Å². The van der Waals surface area contributed by atoms with E-state index in [4.69, 9.17) is 9.26 Å². The number of carbonyl (C=O) groups is 1. The largest absolute Gasteiger partial charge is 0.457 e. The Labute approximate surface area is 158 Å². The lowest BCUT2D eigenvalue weighted by atomic mass is 9.99. The smallest absolute Gasteiger partial charge is 0.344 e. The maximum absolute atomic E-state index is 12.4. The standard InChI is InChI=1S/C22H20N2O3/c1-14(2)21-20(15(3)24-27-21)22(25)26-13-16-8-10-17(11-9-16)19-7-5-4-6-18(19)12-23/h4-11,14H,13H2,1-3H3. The Bertz CT molecular complexity index is 995. The minimum absolute atomic E-state index is 0.0493. The van der Waals surface area contributed by atoms with Crippen LogP contribution in [0.4, 0.5) is 0 Å². The van der Waals surface area contributed by atoms with Gasteiger partial charge in [-0.3, -0.25) is 0 Å². The molecule has 1 aromatic heterocycles. The van der Waals surface area contributed by atoms with E-state index in [0.29, 0.717) is 22.6 Å². The van der Waals surface area contributed by atoms with Crippen molar-refractivity contribution in [3.8, 4) is 17.2 Å². The molecule has 5 heteroatoms. The molecule has 3 rings (SSSR count). The van der Waals surface area contributed by atoms with E-state index in [2.05, 4.69) is 11.2 Å². The van der Waals surface area contributed by atoms with Gasteiger partial charge in [-0.05, 0) is 29.7 Å². The number of hydrogen-bond donors (Lipinski definition) is 0. The van der Waals surface area contributed by atoms with Crippen molar-refractivity contribution in [2.24, 2.45) is 0 Å². The van der Waals surface area contributed by atoms with Crippen molar-refractivity contribution in [3.05, 3.63) is 76.7 Å². The highest BCUT2D eigenvalue weighted by atomic mass is 16.5. The number of nitrogens with zero attached hydrogens (tertiary/aromatic N) is 2.